The Morgan fingerprint density at radius 2 is 1.77 bits per heavy atom. The van der Waals surface area contributed by atoms with Crippen LogP contribution < -0.4 is 4.90 Å². The first kappa shape index (κ1) is 14.8. The first-order valence-electron chi connectivity index (χ1n) is 8.25. The molecule has 2 aliphatic heterocycles. The van der Waals surface area contributed by atoms with Crippen LogP contribution in [-0.2, 0) is 14.4 Å². The fourth-order valence-electron chi connectivity index (χ4n) is 3.50. The van der Waals surface area contributed by atoms with Crippen molar-refractivity contribution in [3.05, 3.63) is 72.6 Å². The number of benzene rings is 2. The number of pyridine rings is 1. The lowest BCUT2D eigenvalue weighted by molar-refractivity contribution is -0.126. The molecule has 126 valence electrons. The zero-order valence-electron chi connectivity index (χ0n) is 13.6. The van der Waals surface area contributed by atoms with Gasteiger partial charge in [-0.2, -0.15) is 0 Å². The molecule has 6 heteroatoms. The summed E-state index contributed by atoms with van der Waals surface area (Å²) in [5, 5.41) is 5.99. The molecular formula is C20H13N3O3. The number of carbonyl (C=O) groups excluding carboxylic acids is 2. The Labute approximate surface area is 148 Å². The molecule has 0 radical (unpaired) electrons. The van der Waals surface area contributed by atoms with E-state index in [2.05, 4.69) is 10.1 Å². The van der Waals surface area contributed by atoms with Crippen molar-refractivity contribution in [2.45, 2.75) is 6.10 Å². The Bertz CT molecular complexity index is 1080. The van der Waals surface area contributed by atoms with Gasteiger partial charge in [-0.25, -0.2) is 4.90 Å². The summed E-state index contributed by atoms with van der Waals surface area (Å²) in [5.41, 5.74) is 1.67. The summed E-state index contributed by atoms with van der Waals surface area (Å²) in [6, 6.07) is 16.9. The van der Waals surface area contributed by atoms with E-state index in [1.54, 1.807) is 30.6 Å². The Kier molecular flexibility index (Phi) is 3.12. The molecule has 1 aromatic heterocycles. The number of rotatable bonds is 2. The molecule has 0 aliphatic carbocycles. The molecule has 2 atom stereocenters. The van der Waals surface area contributed by atoms with E-state index in [9.17, 15) is 9.59 Å². The minimum Gasteiger partial charge on any atom is -0.381 e. The van der Waals surface area contributed by atoms with Crippen molar-refractivity contribution in [2.75, 3.05) is 4.90 Å². The summed E-state index contributed by atoms with van der Waals surface area (Å²) in [5.74, 6) is -1.45. The monoisotopic (exact) mass is 343 g/mol. The number of aromatic nitrogens is 1. The number of fused-ring (bicyclic) bond motifs is 2. The summed E-state index contributed by atoms with van der Waals surface area (Å²) in [6.07, 6.45) is 2.34. The number of carbonyl (C=O) groups is 2. The highest BCUT2D eigenvalue weighted by atomic mass is 16.6. The quantitative estimate of drug-likeness (QED) is 0.670. The van der Waals surface area contributed by atoms with Crippen LogP contribution in [0.2, 0.25) is 0 Å². The number of nitrogens with zero attached hydrogens (tertiary/aromatic N) is 3. The van der Waals surface area contributed by atoms with E-state index in [1.807, 2.05) is 36.4 Å². The molecule has 3 aromatic rings. The van der Waals surface area contributed by atoms with Crippen molar-refractivity contribution in [2.24, 2.45) is 11.1 Å². The molecule has 6 nitrogen and oxygen atoms in total. The summed E-state index contributed by atoms with van der Waals surface area (Å²) < 4.78 is 0. The van der Waals surface area contributed by atoms with Gasteiger partial charge in [-0.1, -0.05) is 35.5 Å². The van der Waals surface area contributed by atoms with Crippen LogP contribution in [0.1, 0.15) is 5.56 Å². The van der Waals surface area contributed by atoms with Crippen LogP contribution in [0.5, 0.6) is 0 Å². The summed E-state index contributed by atoms with van der Waals surface area (Å²) >= 11 is 0. The average molecular weight is 343 g/mol. The molecule has 2 aromatic carbocycles. The summed E-state index contributed by atoms with van der Waals surface area (Å²) in [4.78, 5) is 36.4. The second-order valence-electron chi connectivity index (χ2n) is 6.27. The van der Waals surface area contributed by atoms with Crippen LogP contribution in [0.3, 0.4) is 0 Å². The van der Waals surface area contributed by atoms with Crippen molar-refractivity contribution in [3.8, 4) is 0 Å². The van der Waals surface area contributed by atoms with Crippen molar-refractivity contribution >= 4 is 34.0 Å². The third-order valence-corrected chi connectivity index (χ3v) is 4.76. The molecule has 3 heterocycles. The smallest absolute Gasteiger partial charge is 0.278 e. The molecular weight excluding hydrogens is 330 g/mol. The van der Waals surface area contributed by atoms with E-state index in [0.717, 1.165) is 10.8 Å². The highest BCUT2D eigenvalue weighted by Crippen LogP contribution is 2.35. The van der Waals surface area contributed by atoms with Gasteiger partial charge in [0.25, 0.3) is 5.91 Å². The predicted molar refractivity (Wildman–Crippen MR) is 95.6 cm³/mol. The highest BCUT2D eigenvalue weighted by Gasteiger charge is 2.56. The highest BCUT2D eigenvalue weighted by molar-refractivity contribution is 6.32. The molecule has 2 amide bonds. The third-order valence-electron chi connectivity index (χ3n) is 4.76. The fourth-order valence-corrected chi connectivity index (χ4v) is 3.50. The zero-order valence-corrected chi connectivity index (χ0v) is 13.6. The van der Waals surface area contributed by atoms with Gasteiger partial charge in [-0.3, -0.25) is 14.6 Å². The molecule has 1 saturated heterocycles. The van der Waals surface area contributed by atoms with Gasteiger partial charge in [0.15, 0.2) is 0 Å². The minimum absolute atomic E-state index is 0.324. The Balaban J connectivity index is 1.55. The van der Waals surface area contributed by atoms with E-state index < -0.39 is 17.9 Å². The van der Waals surface area contributed by atoms with E-state index in [0.29, 0.717) is 17.0 Å². The number of anilines is 1. The van der Waals surface area contributed by atoms with Crippen LogP contribution in [0.15, 0.2) is 72.1 Å². The molecule has 1 fully saturated rings. The number of hydrogen-bond acceptors (Lipinski definition) is 5. The SMILES string of the molecule is O=C1[C@@H]2C(c3cccnc3)=NO[C@H]2C(=O)N1c1ccc2ccccc2c1. The number of hydrogen-bond donors (Lipinski definition) is 0. The minimum atomic E-state index is -0.913. The Hall–Kier alpha value is -3.54. The topological polar surface area (TPSA) is 71.9 Å². The molecule has 5 rings (SSSR count). The van der Waals surface area contributed by atoms with Gasteiger partial charge in [-0.05, 0) is 35.0 Å². The molecule has 0 bridgehead atoms. The molecule has 2 aliphatic rings. The lowest BCUT2D eigenvalue weighted by Gasteiger charge is -2.16. The molecule has 0 N–H and O–H groups in total. The Morgan fingerprint density at radius 3 is 2.58 bits per heavy atom. The molecule has 0 spiro atoms. The second-order valence-corrected chi connectivity index (χ2v) is 6.27. The van der Waals surface area contributed by atoms with Gasteiger partial charge < -0.3 is 4.84 Å². The predicted octanol–water partition coefficient (Wildman–Crippen LogP) is 2.53. The van der Waals surface area contributed by atoms with Gasteiger partial charge in [0, 0.05) is 18.0 Å². The maximum Gasteiger partial charge on any atom is 0.278 e. The standard InChI is InChI=1S/C20H13N3O3/c24-19-16-17(14-6-3-9-21-11-14)22-26-18(16)20(25)23(19)15-8-7-12-4-1-2-5-13(12)10-15/h1-11,16,18H/t16-,18-/m1/s1. The maximum absolute atomic E-state index is 13.0. The number of oxime groups is 1. The summed E-state index contributed by atoms with van der Waals surface area (Å²) in [6.45, 7) is 0. The van der Waals surface area contributed by atoms with E-state index in [1.165, 1.54) is 4.90 Å². The van der Waals surface area contributed by atoms with E-state index in [4.69, 9.17) is 4.84 Å². The maximum atomic E-state index is 13.0. The van der Waals surface area contributed by atoms with Crippen LogP contribution in [0.4, 0.5) is 5.69 Å². The average Bonchev–Trinajstić information content (AvgIpc) is 3.23. The molecule has 0 saturated carbocycles. The lowest BCUT2D eigenvalue weighted by Crippen LogP contribution is -2.33. The summed E-state index contributed by atoms with van der Waals surface area (Å²) in [7, 11) is 0. The van der Waals surface area contributed by atoms with Gasteiger partial charge in [0.2, 0.25) is 12.0 Å². The van der Waals surface area contributed by atoms with Gasteiger partial charge in [0.05, 0.1) is 5.69 Å². The van der Waals surface area contributed by atoms with Gasteiger partial charge >= 0.3 is 0 Å². The van der Waals surface area contributed by atoms with Crippen molar-refractivity contribution in [1.29, 1.82) is 0 Å². The van der Waals surface area contributed by atoms with Gasteiger partial charge in [0.1, 0.15) is 11.6 Å². The second kappa shape index (κ2) is 5.49. The number of amides is 2. The van der Waals surface area contributed by atoms with Gasteiger partial charge in [-0.15, -0.1) is 0 Å². The van der Waals surface area contributed by atoms with E-state index >= 15 is 0 Å². The first-order valence-corrected chi connectivity index (χ1v) is 8.25. The van der Waals surface area contributed by atoms with Crippen molar-refractivity contribution < 1.29 is 14.4 Å². The zero-order chi connectivity index (χ0) is 17.7. The Morgan fingerprint density at radius 1 is 0.923 bits per heavy atom. The van der Waals surface area contributed by atoms with Crippen molar-refractivity contribution in [3.63, 3.8) is 0 Å². The third kappa shape index (κ3) is 2.05. The first-order chi connectivity index (χ1) is 12.7. The molecule has 26 heavy (non-hydrogen) atoms. The lowest BCUT2D eigenvalue weighted by atomic mass is 9.95. The van der Waals surface area contributed by atoms with Crippen LogP contribution in [-0.4, -0.2) is 28.6 Å². The van der Waals surface area contributed by atoms with Crippen LogP contribution >= 0.6 is 0 Å². The number of imide groups is 1. The van der Waals surface area contributed by atoms with Crippen LogP contribution in [0, 0.1) is 5.92 Å². The molecule has 0 unspecified atom stereocenters. The van der Waals surface area contributed by atoms with Crippen molar-refractivity contribution in [1.82, 2.24) is 4.98 Å². The van der Waals surface area contributed by atoms with Crippen LogP contribution in [0.25, 0.3) is 10.8 Å². The fraction of sp³-hybridized carbons (Fsp3) is 0.100. The largest absolute Gasteiger partial charge is 0.381 e. The van der Waals surface area contributed by atoms with E-state index in [-0.39, 0.29) is 5.91 Å². The normalized spacial score (nSPS) is 21.7.